The molecule has 4 rings (SSSR count). The van der Waals surface area contributed by atoms with Gasteiger partial charge in [-0.1, -0.05) is 11.8 Å². The van der Waals surface area contributed by atoms with Gasteiger partial charge in [0, 0.05) is 18.0 Å². The largest absolute Gasteiger partial charge is 0.368 e. The van der Waals surface area contributed by atoms with Crippen molar-refractivity contribution in [2.75, 3.05) is 5.73 Å². The normalized spacial score (nSPS) is 10.1. The Morgan fingerprint density at radius 3 is 2.69 bits per heavy atom. The molecule has 122 valence electrons. The van der Waals surface area contributed by atoms with Crippen molar-refractivity contribution in [3.05, 3.63) is 66.1 Å². The van der Waals surface area contributed by atoms with Crippen molar-refractivity contribution < 1.29 is 0 Å². The van der Waals surface area contributed by atoms with E-state index in [0.717, 1.165) is 16.6 Å². The number of benzene rings is 1. The summed E-state index contributed by atoms with van der Waals surface area (Å²) in [5.41, 5.74) is 8.63. The lowest BCUT2D eigenvalue weighted by Crippen LogP contribution is -2.01. The van der Waals surface area contributed by atoms with Crippen LogP contribution < -0.4 is 5.73 Å². The number of nitrogens with zero attached hydrogens (tertiary/aromatic N) is 6. The summed E-state index contributed by atoms with van der Waals surface area (Å²) in [5, 5.41) is 0. The van der Waals surface area contributed by atoms with Gasteiger partial charge in [0.1, 0.15) is 17.8 Å². The van der Waals surface area contributed by atoms with Crippen LogP contribution in [0.25, 0.3) is 16.9 Å². The standard InChI is InChI=1S/C19H11N7/c1-2-14-7-9-21-17(24-14)6-4-13-3-5-15-16(11-13)26(12-23-15)18-8-10-22-19(20)25-18/h1,3,5,7-12H,(H2,20,22,25). The summed E-state index contributed by atoms with van der Waals surface area (Å²) in [6.45, 7) is 0. The molecule has 0 unspecified atom stereocenters. The first-order valence-electron chi connectivity index (χ1n) is 7.60. The smallest absolute Gasteiger partial charge is 0.221 e. The van der Waals surface area contributed by atoms with Crippen LogP contribution in [0.5, 0.6) is 0 Å². The second-order valence-corrected chi connectivity index (χ2v) is 5.25. The van der Waals surface area contributed by atoms with Gasteiger partial charge in [-0.3, -0.25) is 4.57 Å². The molecule has 2 N–H and O–H groups in total. The summed E-state index contributed by atoms with van der Waals surface area (Å²) in [7, 11) is 0. The number of imidazole rings is 1. The molecule has 3 aromatic heterocycles. The van der Waals surface area contributed by atoms with Crippen LogP contribution in [0.1, 0.15) is 17.1 Å². The Hall–Kier alpha value is -4.23. The molecular weight excluding hydrogens is 326 g/mol. The Kier molecular flexibility index (Phi) is 3.74. The van der Waals surface area contributed by atoms with E-state index >= 15 is 0 Å². The van der Waals surface area contributed by atoms with Crippen molar-refractivity contribution in [3.63, 3.8) is 0 Å². The zero-order valence-corrected chi connectivity index (χ0v) is 13.5. The SMILES string of the molecule is C#Cc1ccnc(C#Cc2ccc3ncn(-c4ccnc(N)n4)c3c2)n1. The fourth-order valence-corrected chi connectivity index (χ4v) is 2.39. The number of hydrogen-bond donors (Lipinski definition) is 1. The fourth-order valence-electron chi connectivity index (χ4n) is 2.39. The number of nitrogens with two attached hydrogens (primary N) is 1. The second kappa shape index (κ2) is 6.34. The minimum Gasteiger partial charge on any atom is -0.368 e. The lowest BCUT2D eigenvalue weighted by Gasteiger charge is -2.03. The Balaban J connectivity index is 1.75. The monoisotopic (exact) mass is 337 g/mol. The number of anilines is 1. The average Bonchev–Trinajstić information content (AvgIpc) is 3.10. The molecule has 0 radical (unpaired) electrons. The van der Waals surface area contributed by atoms with E-state index in [1.807, 2.05) is 22.8 Å². The number of fused-ring (bicyclic) bond motifs is 1. The molecule has 7 nitrogen and oxygen atoms in total. The summed E-state index contributed by atoms with van der Waals surface area (Å²) in [6, 6.07) is 9.10. The quantitative estimate of drug-likeness (QED) is 0.530. The zero-order valence-electron chi connectivity index (χ0n) is 13.5. The van der Waals surface area contributed by atoms with Crippen LogP contribution in [-0.4, -0.2) is 29.5 Å². The van der Waals surface area contributed by atoms with Gasteiger partial charge in [0.2, 0.25) is 11.8 Å². The van der Waals surface area contributed by atoms with Gasteiger partial charge in [-0.2, -0.15) is 4.98 Å². The van der Waals surface area contributed by atoms with Crippen molar-refractivity contribution in [1.29, 1.82) is 0 Å². The minimum absolute atomic E-state index is 0.200. The summed E-state index contributed by atoms with van der Waals surface area (Å²) in [5.74, 6) is 9.63. The third-order valence-electron chi connectivity index (χ3n) is 3.58. The molecule has 0 saturated carbocycles. The van der Waals surface area contributed by atoms with Crippen molar-refractivity contribution in [1.82, 2.24) is 29.5 Å². The second-order valence-electron chi connectivity index (χ2n) is 5.25. The maximum absolute atomic E-state index is 5.67. The fraction of sp³-hybridized carbons (Fsp3) is 0. The molecule has 0 aliphatic heterocycles. The van der Waals surface area contributed by atoms with Gasteiger partial charge in [0.05, 0.1) is 11.0 Å². The molecule has 1 aromatic carbocycles. The number of hydrogen-bond acceptors (Lipinski definition) is 6. The number of terminal acetylenes is 1. The summed E-state index contributed by atoms with van der Waals surface area (Å²) >= 11 is 0. The molecular formula is C19H11N7. The zero-order chi connectivity index (χ0) is 17.9. The van der Waals surface area contributed by atoms with E-state index in [4.69, 9.17) is 12.2 Å². The summed E-state index contributed by atoms with van der Waals surface area (Å²) in [4.78, 5) is 20.8. The number of nitrogen functional groups attached to an aromatic ring is 1. The summed E-state index contributed by atoms with van der Waals surface area (Å²) in [6.07, 6.45) is 10.2. The van der Waals surface area contributed by atoms with E-state index < -0.39 is 0 Å². The average molecular weight is 337 g/mol. The van der Waals surface area contributed by atoms with Crippen LogP contribution >= 0.6 is 0 Å². The van der Waals surface area contributed by atoms with Gasteiger partial charge < -0.3 is 5.73 Å². The molecule has 0 aliphatic carbocycles. The van der Waals surface area contributed by atoms with Crippen molar-refractivity contribution in [2.24, 2.45) is 0 Å². The van der Waals surface area contributed by atoms with E-state index in [0.29, 0.717) is 17.3 Å². The minimum atomic E-state index is 0.200. The van der Waals surface area contributed by atoms with Gasteiger partial charge in [-0.05, 0) is 36.3 Å². The Morgan fingerprint density at radius 1 is 0.962 bits per heavy atom. The lowest BCUT2D eigenvalue weighted by molar-refractivity contribution is 1.00. The Labute approximate surface area is 149 Å². The van der Waals surface area contributed by atoms with Gasteiger partial charge in [-0.25, -0.2) is 19.9 Å². The van der Waals surface area contributed by atoms with E-state index in [1.54, 1.807) is 30.9 Å². The molecule has 0 fully saturated rings. The van der Waals surface area contributed by atoms with E-state index in [-0.39, 0.29) is 5.95 Å². The highest BCUT2D eigenvalue weighted by Gasteiger charge is 2.07. The third kappa shape index (κ3) is 2.93. The Bertz CT molecular complexity index is 1220. The maximum atomic E-state index is 5.67. The van der Waals surface area contributed by atoms with Crippen LogP contribution in [0, 0.1) is 24.2 Å². The molecule has 3 heterocycles. The molecule has 26 heavy (non-hydrogen) atoms. The third-order valence-corrected chi connectivity index (χ3v) is 3.58. The van der Waals surface area contributed by atoms with Gasteiger partial charge >= 0.3 is 0 Å². The number of aromatic nitrogens is 6. The predicted octanol–water partition coefficient (Wildman–Crippen LogP) is 1.57. The molecule has 0 atom stereocenters. The molecule has 0 bridgehead atoms. The highest BCUT2D eigenvalue weighted by atomic mass is 15.1. The molecule has 0 aliphatic rings. The van der Waals surface area contributed by atoms with Gasteiger partial charge in [0.25, 0.3) is 0 Å². The van der Waals surface area contributed by atoms with Crippen LogP contribution in [0.3, 0.4) is 0 Å². The van der Waals surface area contributed by atoms with E-state index in [1.165, 1.54) is 0 Å². The molecule has 0 amide bonds. The molecule has 4 aromatic rings. The topological polar surface area (TPSA) is 95.4 Å². The highest BCUT2D eigenvalue weighted by molar-refractivity contribution is 5.78. The first-order chi connectivity index (χ1) is 12.7. The maximum Gasteiger partial charge on any atom is 0.221 e. The van der Waals surface area contributed by atoms with E-state index in [9.17, 15) is 0 Å². The van der Waals surface area contributed by atoms with Crippen molar-refractivity contribution >= 4 is 17.0 Å². The van der Waals surface area contributed by atoms with Crippen LogP contribution in [0.2, 0.25) is 0 Å². The highest BCUT2D eigenvalue weighted by Crippen LogP contribution is 2.18. The first kappa shape index (κ1) is 15.3. The lowest BCUT2D eigenvalue weighted by atomic mass is 10.2. The van der Waals surface area contributed by atoms with Gasteiger partial charge in [-0.15, -0.1) is 6.42 Å². The van der Waals surface area contributed by atoms with Crippen molar-refractivity contribution in [2.45, 2.75) is 0 Å². The summed E-state index contributed by atoms with van der Waals surface area (Å²) < 4.78 is 1.83. The first-order valence-corrected chi connectivity index (χ1v) is 7.60. The van der Waals surface area contributed by atoms with Gasteiger partial charge in [0.15, 0.2) is 0 Å². The van der Waals surface area contributed by atoms with Crippen molar-refractivity contribution in [3.8, 4) is 30.0 Å². The Morgan fingerprint density at radius 2 is 1.85 bits per heavy atom. The van der Waals surface area contributed by atoms with E-state index in [2.05, 4.69) is 42.7 Å². The van der Waals surface area contributed by atoms with Crippen LogP contribution in [0.15, 0.2) is 49.1 Å². The van der Waals surface area contributed by atoms with Crippen LogP contribution in [-0.2, 0) is 0 Å². The number of rotatable bonds is 1. The predicted molar refractivity (Wildman–Crippen MR) is 97.0 cm³/mol. The molecule has 0 saturated heterocycles. The molecule has 0 spiro atoms. The van der Waals surface area contributed by atoms with Crippen LogP contribution in [0.4, 0.5) is 5.95 Å². The molecule has 7 heteroatoms.